The van der Waals surface area contributed by atoms with Crippen molar-refractivity contribution in [3.8, 4) is 0 Å². The number of hydrogen-bond donors (Lipinski definition) is 2. The fraction of sp³-hybridized carbons (Fsp3) is 0.923. The summed E-state index contributed by atoms with van der Waals surface area (Å²) in [5.74, 6) is 2.45. The number of nitrogens with one attached hydrogen (secondary N) is 1. The second-order valence-corrected chi connectivity index (χ2v) is 5.79. The summed E-state index contributed by atoms with van der Waals surface area (Å²) in [4.78, 5) is 12.1. The molecule has 5 unspecified atom stereocenters. The fourth-order valence-electron chi connectivity index (χ4n) is 3.24. The summed E-state index contributed by atoms with van der Waals surface area (Å²) < 4.78 is 0. The molecule has 3 heteroatoms. The van der Waals surface area contributed by atoms with Crippen LogP contribution in [0.5, 0.6) is 0 Å². The molecule has 3 N–H and O–H groups in total. The molecular formula is C13H24N2O. The largest absolute Gasteiger partial charge is 0.353 e. The van der Waals surface area contributed by atoms with Gasteiger partial charge in [-0.05, 0) is 50.5 Å². The SMILES string of the molecule is CC(CN)C(C)NC(=O)C1CC2CCC1C2. The lowest BCUT2D eigenvalue weighted by Gasteiger charge is -2.25. The Morgan fingerprint density at radius 3 is 2.62 bits per heavy atom. The Hall–Kier alpha value is -0.570. The molecule has 0 saturated heterocycles. The summed E-state index contributed by atoms with van der Waals surface area (Å²) in [6, 6.07) is 0.205. The second kappa shape index (κ2) is 4.74. The van der Waals surface area contributed by atoms with E-state index >= 15 is 0 Å². The molecule has 1 amide bonds. The van der Waals surface area contributed by atoms with Gasteiger partial charge in [-0.15, -0.1) is 0 Å². The molecule has 3 nitrogen and oxygen atoms in total. The van der Waals surface area contributed by atoms with Gasteiger partial charge in [0.25, 0.3) is 0 Å². The number of fused-ring (bicyclic) bond motifs is 2. The summed E-state index contributed by atoms with van der Waals surface area (Å²) >= 11 is 0. The van der Waals surface area contributed by atoms with Crippen molar-refractivity contribution in [3.63, 3.8) is 0 Å². The third-order valence-corrected chi connectivity index (χ3v) is 4.67. The first-order valence-electron chi connectivity index (χ1n) is 6.62. The van der Waals surface area contributed by atoms with Gasteiger partial charge in [-0.1, -0.05) is 13.3 Å². The second-order valence-electron chi connectivity index (χ2n) is 5.79. The summed E-state index contributed by atoms with van der Waals surface area (Å²) in [6.07, 6.45) is 5.03. The molecule has 2 aliphatic rings. The molecule has 0 radical (unpaired) electrons. The maximum absolute atomic E-state index is 12.1. The maximum Gasteiger partial charge on any atom is 0.223 e. The van der Waals surface area contributed by atoms with Crippen LogP contribution in [0.4, 0.5) is 0 Å². The highest BCUT2D eigenvalue weighted by molar-refractivity contribution is 5.79. The van der Waals surface area contributed by atoms with Gasteiger partial charge in [0.05, 0.1) is 0 Å². The van der Waals surface area contributed by atoms with E-state index in [1.165, 1.54) is 19.3 Å². The third-order valence-electron chi connectivity index (χ3n) is 4.67. The molecule has 2 saturated carbocycles. The van der Waals surface area contributed by atoms with Crippen LogP contribution >= 0.6 is 0 Å². The van der Waals surface area contributed by atoms with E-state index in [2.05, 4.69) is 19.2 Å². The fourth-order valence-corrected chi connectivity index (χ4v) is 3.24. The smallest absolute Gasteiger partial charge is 0.223 e. The van der Waals surface area contributed by atoms with Crippen molar-refractivity contribution in [3.05, 3.63) is 0 Å². The molecule has 2 rings (SSSR count). The van der Waals surface area contributed by atoms with Gasteiger partial charge in [-0.2, -0.15) is 0 Å². The summed E-state index contributed by atoms with van der Waals surface area (Å²) in [5, 5.41) is 3.14. The first kappa shape index (κ1) is 11.9. The van der Waals surface area contributed by atoms with E-state index in [0.717, 1.165) is 12.3 Å². The van der Waals surface area contributed by atoms with Gasteiger partial charge in [0.1, 0.15) is 0 Å². The van der Waals surface area contributed by atoms with E-state index in [1.807, 2.05) is 0 Å². The van der Waals surface area contributed by atoms with E-state index in [1.54, 1.807) is 0 Å². The topological polar surface area (TPSA) is 55.1 Å². The van der Waals surface area contributed by atoms with Gasteiger partial charge in [0, 0.05) is 12.0 Å². The number of rotatable bonds is 4. The van der Waals surface area contributed by atoms with E-state index in [4.69, 9.17) is 5.73 Å². The van der Waals surface area contributed by atoms with Gasteiger partial charge in [0.2, 0.25) is 5.91 Å². The summed E-state index contributed by atoms with van der Waals surface area (Å²) in [5.41, 5.74) is 5.61. The molecule has 0 aromatic heterocycles. The lowest BCUT2D eigenvalue weighted by Crippen LogP contribution is -2.43. The monoisotopic (exact) mass is 224 g/mol. The van der Waals surface area contributed by atoms with Gasteiger partial charge < -0.3 is 11.1 Å². The number of amides is 1. The Kier molecular flexibility index (Phi) is 3.53. The molecular weight excluding hydrogens is 200 g/mol. The van der Waals surface area contributed by atoms with E-state index in [-0.39, 0.29) is 11.9 Å². The first-order chi connectivity index (χ1) is 7.61. The molecule has 0 aromatic carbocycles. The van der Waals surface area contributed by atoms with Crippen molar-refractivity contribution in [1.82, 2.24) is 5.32 Å². The van der Waals surface area contributed by atoms with Crippen molar-refractivity contribution < 1.29 is 4.79 Å². The average Bonchev–Trinajstić information content (AvgIpc) is 2.89. The highest BCUT2D eigenvalue weighted by Gasteiger charge is 2.43. The predicted octanol–water partition coefficient (Wildman–Crippen LogP) is 1.52. The van der Waals surface area contributed by atoms with E-state index < -0.39 is 0 Å². The predicted molar refractivity (Wildman–Crippen MR) is 64.8 cm³/mol. The quantitative estimate of drug-likeness (QED) is 0.760. The standard InChI is InChI=1S/C13H24N2O/c1-8(7-14)9(2)15-13(16)12-6-10-3-4-11(12)5-10/h8-12H,3-7,14H2,1-2H3,(H,15,16). The molecule has 16 heavy (non-hydrogen) atoms. The van der Waals surface area contributed by atoms with Crippen LogP contribution in [0, 0.1) is 23.7 Å². The number of carbonyl (C=O) groups is 1. The van der Waals surface area contributed by atoms with Gasteiger partial charge in [0.15, 0.2) is 0 Å². The lowest BCUT2D eigenvalue weighted by molar-refractivity contribution is -0.127. The zero-order chi connectivity index (χ0) is 11.7. The highest BCUT2D eigenvalue weighted by atomic mass is 16.2. The normalized spacial score (nSPS) is 36.1. The van der Waals surface area contributed by atoms with Gasteiger partial charge in [-0.3, -0.25) is 4.79 Å². The van der Waals surface area contributed by atoms with E-state index in [9.17, 15) is 4.79 Å². The van der Waals surface area contributed by atoms with Crippen LogP contribution in [0.25, 0.3) is 0 Å². The third kappa shape index (κ3) is 2.24. The van der Waals surface area contributed by atoms with E-state index in [0.29, 0.717) is 24.3 Å². The molecule has 0 aliphatic heterocycles. The highest BCUT2D eigenvalue weighted by Crippen LogP contribution is 2.48. The van der Waals surface area contributed by atoms with Crippen molar-refractivity contribution in [2.75, 3.05) is 6.54 Å². The van der Waals surface area contributed by atoms with Crippen LogP contribution in [-0.4, -0.2) is 18.5 Å². The molecule has 0 heterocycles. The van der Waals surface area contributed by atoms with Gasteiger partial charge in [-0.25, -0.2) is 0 Å². The zero-order valence-electron chi connectivity index (χ0n) is 10.4. The number of nitrogens with two attached hydrogens (primary N) is 1. The maximum atomic E-state index is 12.1. The summed E-state index contributed by atoms with van der Waals surface area (Å²) in [7, 11) is 0. The zero-order valence-corrected chi connectivity index (χ0v) is 10.4. The van der Waals surface area contributed by atoms with Crippen LogP contribution in [0.1, 0.15) is 39.5 Å². The van der Waals surface area contributed by atoms with Crippen molar-refractivity contribution in [1.29, 1.82) is 0 Å². The average molecular weight is 224 g/mol. The van der Waals surface area contributed by atoms with Crippen LogP contribution in [0.3, 0.4) is 0 Å². The minimum atomic E-state index is 0.205. The van der Waals surface area contributed by atoms with Crippen LogP contribution < -0.4 is 11.1 Å². The number of hydrogen-bond acceptors (Lipinski definition) is 2. The lowest BCUT2D eigenvalue weighted by atomic mass is 9.87. The molecule has 0 spiro atoms. The van der Waals surface area contributed by atoms with Crippen LogP contribution in [0.15, 0.2) is 0 Å². The summed E-state index contributed by atoms with van der Waals surface area (Å²) in [6.45, 7) is 4.78. The minimum Gasteiger partial charge on any atom is -0.353 e. The molecule has 5 atom stereocenters. The Morgan fingerprint density at radius 2 is 2.12 bits per heavy atom. The van der Waals surface area contributed by atoms with Crippen LogP contribution in [0.2, 0.25) is 0 Å². The Bertz CT molecular complexity index is 267. The molecule has 92 valence electrons. The molecule has 2 aliphatic carbocycles. The number of carbonyl (C=O) groups excluding carboxylic acids is 1. The Balaban J connectivity index is 1.84. The molecule has 2 bridgehead atoms. The Labute approximate surface area is 98.2 Å². The Morgan fingerprint density at radius 1 is 1.38 bits per heavy atom. The molecule has 0 aromatic rings. The van der Waals surface area contributed by atoms with Crippen molar-refractivity contribution in [2.45, 2.75) is 45.6 Å². The molecule has 2 fully saturated rings. The van der Waals surface area contributed by atoms with Crippen LogP contribution in [-0.2, 0) is 4.79 Å². The van der Waals surface area contributed by atoms with Gasteiger partial charge >= 0.3 is 0 Å². The minimum absolute atomic E-state index is 0.205. The van der Waals surface area contributed by atoms with Crippen molar-refractivity contribution >= 4 is 5.91 Å². The first-order valence-corrected chi connectivity index (χ1v) is 6.62. The van der Waals surface area contributed by atoms with Crippen molar-refractivity contribution in [2.24, 2.45) is 29.4 Å².